The molecule has 0 spiro atoms. The Morgan fingerprint density at radius 3 is 2.27 bits per heavy atom. The molecule has 82 valence electrons. The molecule has 0 heterocycles. The van der Waals surface area contributed by atoms with Gasteiger partial charge in [0, 0.05) is 5.69 Å². The van der Waals surface area contributed by atoms with E-state index in [4.69, 9.17) is 11.5 Å². The molecule has 1 aromatic carbocycles. The molecule has 6 heteroatoms. The van der Waals surface area contributed by atoms with Gasteiger partial charge in [-0.1, -0.05) is 0 Å². The lowest BCUT2D eigenvalue weighted by molar-refractivity contribution is -0.118. The zero-order valence-electron chi connectivity index (χ0n) is 8.05. The van der Waals surface area contributed by atoms with Crippen LogP contribution in [0, 0.1) is 11.6 Å². The molecule has 1 rings (SSSR count). The summed E-state index contributed by atoms with van der Waals surface area (Å²) in [4.78, 5) is 10.7. The Balaban J connectivity index is 3.00. The molecule has 0 radical (unpaired) electrons. The van der Waals surface area contributed by atoms with Crippen LogP contribution in [0.5, 0.6) is 0 Å². The van der Waals surface area contributed by atoms with Crippen molar-refractivity contribution in [2.75, 3.05) is 11.1 Å². The zero-order chi connectivity index (χ0) is 11.6. The normalized spacial score (nSPS) is 12.2. The number of nitrogen functional groups attached to an aromatic ring is 1. The number of rotatable bonds is 3. The fourth-order valence-corrected chi connectivity index (χ4v) is 1.02. The Morgan fingerprint density at radius 1 is 1.40 bits per heavy atom. The van der Waals surface area contributed by atoms with Gasteiger partial charge in [0.2, 0.25) is 5.91 Å². The van der Waals surface area contributed by atoms with E-state index >= 15 is 0 Å². The second-order valence-corrected chi connectivity index (χ2v) is 3.13. The predicted molar refractivity (Wildman–Crippen MR) is 53.0 cm³/mol. The fourth-order valence-electron chi connectivity index (χ4n) is 1.02. The smallest absolute Gasteiger partial charge is 0.239 e. The van der Waals surface area contributed by atoms with Crippen LogP contribution >= 0.6 is 0 Å². The molecule has 1 atom stereocenters. The van der Waals surface area contributed by atoms with E-state index in [0.29, 0.717) is 0 Å². The van der Waals surface area contributed by atoms with Gasteiger partial charge in [-0.25, -0.2) is 8.78 Å². The maximum absolute atomic E-state index is 13.2. The van der Waals surface area contributed by atoms with Crippen LogP contribution in [0.3, 0.4) is 0 Å². The predicted octanol–water partition coefficient (Wildman–Crippen LogP) is 0.833. The van der Waals surface area contributed by atoms with Gasteiger partial charge in [0.25, 0.3) is 0 Å². The van der Waals surface area contributed by atoms with Crippen LogP contribution in [0.2, 0.25) is 0 Å². The largest absolute Gasteiger partial charge is 0.399 e. The number of nitrogens with two attached hydrogens (primary N) is 2. The average molecular weight is 215 g/mol. The minimum Gasteiger partial charge on any atom is -0.399 e. The highest BCUT2D eigenvalue weighted by atomic mass is 19.1. The molecule has 0 bridgehead atoms. The van der Waals surface area contributed by atoms with Crippen LogP contribution in [0.1, 0.15) is 6.92 Å². The summed E-state index contributed by atoms with van der Waals surface area (Å²) in [6.45, 7) is 1.40. The monoisotopic (exact) mass is 215 g/mol. The molecule has 15 heavy (non-hydrogen) atoms. The molecule has 0 saturated carbocycles. The number of primary amides is 1. The van der Waals surface area contributed by atoms with Crippen LogP contribution in [0.25, 0.3) is 0 Å². The van der Waals surface area contributed by atoms with E-state index in [0.717, 1.165) is 12.1 Å². The van der Waals surface area contributed by atoms with Gasteiger partial charge in [-0.2, -0.15) is 0 Å². The summed E-state index contributed by atoms with van der Waals surface area (Å²) in [6, 6.07) is 1.05. The first-order chi connectivity index (χ1) is 6.91. The highest BCUT2D eigenvalue weighted by molar-refractivity contribution is 5.82. The van der Waals surface area contributed by atoms with Gasteiger partial charge in [0.15, 0.2) is 11.6 Å². The van der Waals surface area contributed by atoms with Crippen LogP contribution in [0.4, 0.5) is 20.2 Å². The van der Waals surface area contributed by atoms with Crippen molar-refractivity contribution in [1.82, 2.24) is 0 Å². The minimum atomic E-state index is -0.863. The Bertz CT molecular complexity index is 372. The SMILES string of the molecule is CC(Nc1c(F)cc(N)cc1F)C(N)=O. The van der Waals surface area contributed by atoms with Crippen molar-refractivity contribution in [2.24, 2.45) is 5.73 Å². The Labute approximate surface area is 85.2 Å². The number of carbonyl (C=O) groups is 1. The second kappa shape index (κ2) is 4.12. The third-order valence-corrected chi connectivity index (χ3v) is 1.85. The van der Waals surface area contributed by atoms with Crippen molar-refractivity contribution < 1.29 is 13.6 Å². The molecule has 0 aliphatic heterocycles. The fraction of sp³-hybridized carbons (Fsp3) is 0.222. The average Bonchev–Trinajstić information content (AvgIpc) is 2.10. The number of halogens is 2. The van der Waals surface area contributed by atoms with Crippen molar-refractivity contribution in [3.8, 4) is 0 Å². The van der Waals surface area contributed by atoms with E-state index in [1.165, 1.54) is 6.92 Å². The molecule has 5 N–H and O–H groups in total. The Hall–Kier alpha value is -1.85. The van der Waals surface area contributed by atoms with Gasteiger partial charge in [-0.15, -0.1) is 0 Å². The lowest BCUT2D eigenvalue weighted by Gasteiger charge is -2.13. The quantitative estimate of drug-likeness (QED) is 0.653. The summed E-state index contributed by atoms with van der Waals surface area (Å²) in [6.07, 6.45) is 0. The maximum atomic E-state index is 13.2. The summed E-state index contributed by atoms with van der Waals surface area (Å²) in [5, 5.41) is 2.33. The molecule has 0 fully saturated rings. The number of hydrogen-bond donors (Lipinski definition) is 3. The molecule has 4 nitrogen and oxygen atoms in total. The Morgan fingerprint density at radius 2 is 1.87 bits per heavy atom. The summed E-state index contributed by atoms with van der Waals surface area (Å²) < 4.78 is 26.4. The van der Waals surface area contributed by atoms with Crippen molar-refractivity contribution in [2.45, 2.75) is 13.0 Å². The number of carbonyl (C=O) groups excluding carboxylic acids is 1. The van der Waals surface area contributed by atoms with Gasteiger partial charge in [0.1, 0.15) is 11.7 Å². The molecule has 0 aliphatic carbocycles. The molecular weight excluding hydrogens is 204 g/mol. The standard InChI is InChI=1S/C9H11F2N3O/c1-4(9(13)15)14-8-6(10)2-5(12)3-7(8)11/h2-4,14H,12H2,1H3,(H2,13,15). The molecular formula is C9H11F2N3O. The van der Waals surface area contributed by atoms with Crippen molar-refractivity contribution in [3.05, 3.63) is 23.8 Å². The number of amides is 1. The molecule has 1 amide bonds. The molecule has 0 saturated heterocycles. The first-order valence-electron chi connectivity index (χ1n) is 4.22. The molecule has 1 aromatic rings. The Kier molecular flexibility index (Phi) is 3.08. The van der Waals surface area contributed by atoms with Gasteiger partial charge in [0.05, 0.1) is 0 Å². The number of anilines is 2. The minimum absolute atomic E-state index is 0.0257. The molecule has 0 aromatic heterocycles. The van der Waals surface area contributed by atoms with Crippen molar-refractivity contribution >= 4 is 17.3 Å². The number of benzene rings is 1. The van der Waals surface area contributed by atoms with E-state index in [9.17, 15) is 13.6 Å². The van der Waals surface area contributed by atoms with E-state index in [2.05, 4.69) is 5.32 Å². The maximum Gasteiger partial charge on any atom is 0.239 e. The molecule has 0 aliphatic rings. The van der Waals surface area contributed by atoms with E-state index in [1.807, 2.05) is 0 Å². The third-order valence-electron chi connectivity index (χ3n) is 1.85. The van der Waals surface area contributed by atoms with Crippen LogP contribution in [0.15, 0.2) is 12.1 Å². The summed E-state index contributed by atoms with van der Waals surface area (Å²) >= 11 is 0. The molecule has 1 unspecified atom stereocenters. The van der Waals surface area contributed by atoms with Gasteiger partial charge in [-0.3, -0.25) is 4.79 Å². The number of nitrogens with one attached hydrogen (secondary N) is 1. The topological polar surface area (TPSA) is 81.1 Å². The number of hydrogen-bond acceptors (Lipinski definition) is 3. The van der Waals surface area contributed by atoms with Crippen molar-refractivity contribution in [3.63, 3.8) is 0 Å². The van der Waals surface area contributed by atoms with E-state index in [1.54, 1.807) is 0 Å². The first kappa shape index (κ1) is 11.2. The zero-order valence-corrected chi connectivity index (χ0v) is 8.05. The highest BCUT2D eigenvalue weighted by Crippen LogP contribution is 2.22. The van der Waals surface area contributed by atoms with E-state index < -0.39 is 29.3 Å². The highest BCUT2D eigenvalue weighted by Gasteiger charge is 2.15. The third kappa shape index (κ3) is 2.55. The van der Waals surface area contributed by atoms with Crippen LogP contribution < -0.4 is 16.8 Å². The van der Waals surface area contributed by atoms with E-state index in [-0.39, 0.29) is 5.69 Å². The van der Waals surface area contributed by atoms with Gasteiger partial charge in [-0.05, 0) is 19.1 Å². The van der Waals surface area contributed by atoms with Crippen LogP contribution in [-0.4, -0.2) is 11.9 Å². The summed E-state index contributed by atoms with van der Waals surface area (Å²) in [5.41, 5.74) is 9.73. The van der Waals surface area contributed by atoms with Crippen molar-refractivity contribution in [1.29, 1.82) is 0 Å². The summed E-state index contributed by atoms with van der Waals surface area (Å²) in [5.74, 6) is -2.42. The lowest BCUT2D eigenvalue weighted by atomic mass is 10.2. The second-order valence-electron chi connectivity index (χ2n) is 3.13. The first-order valence-corrected chi connectivity index (χ1v) is 4.22. The summed E-state index contributed by atoms with van der Waals surface area (Å²) in [7, 11) is 0. The van der Waals surface area contributed by atoms with Gasteiger partial charge >= 0.3 is 0 Å². The van der Waals surface area contributed by atoms with Gasteiger partial charge < -0.3 is 16.8 Å². The lowest BCUT2D eigenvalue weighted by Crippen LogP contribution is -2.33. The van der Waals surface area contributed by atoms with Crippen LogP contribution in [-0.2, 0) is 4.79 Å².